The molecule has 8 heavy (non-hydrogen) atoms. The smallest absolute Gasteiger partial charge is 0.124 e. The van der Waals surface area contributed by atoms with Gasteiger partial charge in [0.15, 0.2) is 0 Å². The summed E-state index contributed by atoms with van der Waals surface area (Å²) in [5.41, 5.74) is 0.618. The third kappa shape index (κ3) is 0.753. The van der Waals surface area contributed by atoms with Crippen molar-refractivity contribution in [2.45, 2.75) is 6.92 Å². The highest BCUT2D eigenvalue weighted by Gasteiger charge is 1.84. The van der Waals surface area contributed by atoms with E-state index in [0.29, 0.717) is 11.1 Å². The zero-order valence-corrected chi connectivity index (χ0v) is 4.51. The van der Waals surface area contributed by atoms with Gasteiger partial charge in [0.1, 0.15) is 12.0 Å². The zero-order chi connectivity index (χ0) is 5.98. The Hall–Kier alpha value is -1.12. The summed E-state index contributed by atoms with van der Waals surface area (Å²) >= 11 is 0. The normalized spacial score (nSPS) is 9.12. The summed E-state index contributed by atoms with van der Waals surface area (Å²) in [6.45, 7) is 1.73. The lowest BCUT2D eigenvalue weighted by Crippen LogP contribution is -2.03. The fourth-order valence-corrected chi connectivity index (χ4v) is 0.378. The lowest BCUT2D eigenvalue weighted by molar-refractivity contribution is 0.388. The van der Waals surface area contributed by atoms with Gasteiger partial charge in [0.25, 0.3) is 0 Å². The molecule has 0 amide bonds. The molecule has 0 atom stereocenters. The molecule has 1 aromatic rings. The standard InChI is InChI=1S/C5H6N2O/c1-4-5(6)2-3-8-7-4/h2-3,6H,1H3. The third-order valence-corrected chi connectivity index (χ3v) is 0.875. The summed E-state index contributed by atoms with van der Waals surface area (Å²) in [5, 5.41) is 11.0. The Bertz CT molecular complexity index is 228. The third-order valence-electron chi connectivity index (χ3n) is 0.875. The van der Waals surface area contributed by atoms with Crippen molar-refractivity contribution >= 4 is 0 Å². The van der Waals surface area contributed by atoms with Crippen LogP contribution in [0.1, 0.15) is 5.69 Å². The molecule has 0 bridgehead atoms. The molecule has 1 rings (SSSR count). The highest BCUT2D eigenvalue weighted by Crippen LogP contribution is 1.76. The van der Waals surface area contributed by atoms with Gasteiger partial charge in [-0.2, -0.15) is 0 Å². The van der Waals surface area contributed by atoms with Crippen molar-refractivity contribution in [2.75, 3.05) is 0 Å². The monoisotopic (exact) mass is 110 g/mol. The summed E-state index contributed by atoms with van der Waals surface area (Å²) in [4.78, 5) is 0. The SMILES string of the molecule is Cc1noccc1=N. The van der Waals surface area contributed by atoms with Gasteiger partial charge in [0.2, 0.25) is 0 Å². The fraction of sp³-hybridized carbons (Fsp3) is 0.200. The zero-order valence-electron chi connectivity index (χ0n) is 4.51. The van der Waals surface area contributed by atoms with Crippen LogP contribution in [-0.2, 0) is 0 Å². The van der Waals surface area contributed by atoms with Gasteiger partial charge in [-0.25, -0.2) is 0 Å². The van der Waals surface area contributed by atoms with Crippen molar-refractivity contribution in [3.8, 4) is 0 Å². The molecule has 0 aliphatic heterocycles. The topological polar surface area (TPSA) is 49.9 Å². The molecule has 0 spiro atoms. The first-order chi connectivity index (χ1) is 3.80. The van der Waals surface area contributed by atoms with Crippen LogP contribution < -0.4 is 5.36 Å². The highest BCUT2D eigenvalue weighted by atomic mass is 16.4. The Labute approximate surface area is 46.5 Å². The Balaban J connectivity index is 3.35. The molecular formula is C5H6N2O. The molecule has 1 N–H and O–H groups in total. The quantitative estimate of drug-likeness (QED) is 0.527. The minimum atomic E-state index is 0.413. The maximum Gasteiger partial charge on any atom is 0.124 e. The Morgan fingerprint density at radius 1 is 1.75 bits per heavy atom. The highest BCUT2D eigenvalue weighted by molar-refractivity contribution is 4.91. The van der Waals surface area contributed by atoms with Gasteiger partial charge in [0, 0.05) is 6.07 Å². The lowest BCUT2D eigenvalue weighted by atomic mass is 10.4. The van der Waals surface area contributed by atoms with Crippen molar-refractivity contribution in [3.63, 3.8) is 0 Å². The van der Waals surface area contributed by atoms with Crippen molar-refractivity contribution < 1.29 is 4.52 Å². The number of aryl methyl sites for hydroxylation is 1. The van der Waals surface area contributed by atoms with E-state index in [9.17, 15) is 0 Å². The maximum absolute atomic E-state index is 7.10. The molecule has 1 heterocycles. The van der Waals surface area contributed by atoms with Crippen LogP contribution in [0.25, 0.3) is 0 Å². The summed E-state index contributed by atoms with van der Waals surface area (Å²) in [6, 6.07) is 1.56. The Morgan fingerprint density at radius 2 is 2.50 bits per heavy atom. The second-order valence-corrected chi connectivity index (χ2v) is 1.50. The van der Waals surface area contributed by atoms with E-state index >= 15 is 0 Å². The first kappa shape index (κ1) is 5.03. The van der Waals surface area contributed by atoms with Gasteiger partial charge >= 0.3 is 0 Å². The van der Waals surface area contributed by atoms with Gasteiger partial charge in [-0.05, 0) is 6.92 Å². The number of nitrogens with one attached hydrogen (secondary N) is 1. The van der Waals surface area contributed by atoms with Crippen LogP contribution >= 0.6 is 0 Å². The van der Waals surface area contributed by atoms with E-state index in [1.165, 1.54) is 6.26 Å². The molecular weight excluding hydrogens is 104 g/mol. The van der Waals surface area contributed by atoms with Crippen molar-refractivity contribution in [1.82, 2.24) is 5.16 Å². The van der Waals surface area contributed by atoms with Gasteiger partial charge < -0.3 is 4.52 Å². The number of aromatic nitrogens is 1. The summed E-state index contributed by atoms with van der Waals surface area (Å²) in [7, 11) is 0. The van der Waals surface area contributed by atoms with Crippen LogP contribution in [-0.4, -0.2) is 5.16 Å². The molecule has 0 aromatic carbocycles. The minimum Gasteiger partial charge on any atom is -0.364 e. The Morgan fingerprint density at radius 3 is 2.88 bits per heavy atom. The van der Waals surface area contributed by atoms with E-state index in [1.807, 2.05) is 0 Å². The van der Waals surface area contributed by atoms with Gasteiger partial charge in [-0.3, -0.25) is 5.41 Å². The van der Waals surface area contributed by atoms with Crippen LogP contribution in [0.5, 0.6) is 0 Å². The van der Waals surface area contributed by atoms with Crippen LogP contribution in [0.15, 0.2) is 16.9 Å². The first-order valence-electron chi connectivity index (χ1n) is 2.26. The largest absolute Gasteiger partial charge is 0.364 e. The number of nitrogens with zero attached hydrogens (tertiary/aromatic N) is 1. The lowest BCUT2D eigenvalue weighted by Gasteiger charge is -1.83. The van der Waals surface area contributed by atoms with E-state index in [0.717, 1.165) is 0 Å². The van der Waals surface area contributed by atoms with E-state index in [4.69, 9.17) is 5.41 Å². The summed E-state index contributed by atoms with van der Waals surface area (Å²) in [6.07, 6.45) is 1.38. The predicted molar refractivity (Wildman–Crippen MR) is 27.1 cm³/mol. The van der Waals surface area contributed by atoms with E-state index < -0.39 is 0 Å². The van der Waals surface area contributed by atoms with E-state index in [1.54, 1.807) is 13.0 Å². The maximum atomic E-state index is 7.10. The van der Waals surface area contributed by atoms with E-state index in [2.05, 4.69) is 9.68 Å². The van der Waals surface area contributed by atoms with Crippen LogP contribution in [0.3, 0.4) is 0 Å². The molecule has 0 aliphatic rings. The average molecular weight is 110 g/mol. The molecule has 1 aromatic heterocycles. The van der Waals surface area contributed by atoms with Gasteiger partial charge in [0.05, 0.1) is 5.36 Å². The first-order valence-corrected chi connectivity index (χ1v) is 2.26. The second-order valence-electron chi connectivity index (χ2n) is 1.50. The summed E-state index contributed by atoms with van der Waals surface area (Å²) in [5.74, 6) is 0. The van der Waals surface area contributed by atoms with Crippen molar-refractivity contribution in [3.05, 3.63) is 23.4 Å². The molecule has 0 saturated heterocycles. The number of hydrogen-bond donors (Lipinski definition) is 1. The molecule has 3 heteroatoms. The van der Waals surface area contributed by atoms with Crippen molar-refractivity contribution in [2.24, 2.45) is 0 Å². The average Bonchev–Trinajstić information content (AvgIpc) is 1.77. The predicted octanol–water partition coefficient (Wildman–Crippen LogP) is 0.462. The van der Waals surface area contributed by atoms with Crippen molar-refractivity contribution in [1.29, 1.82) is 5.41 Å². The van der Waals surface area contributed by atoms with Crippen LogP contribution in [0, 0.1) is 12.3 Å². The second kappa shape index (κ2) is 1.78. The van der Waals surface area contributed by atoms with Gasteiger partial charge in [-0.15, -0.1) is 0 Å². The fourth-order valence-electron chi connectivity index (χ4n) is 0.378. The van der Waals surface area contributed by atoms with Crippen LogP contribution in [0.4, 0.5) is 0 Å². The molecule has 42 valence electrons. The van der Waals surface area contributed by atoms with Gasteiger partial charge in [-0.1, -0.05) is 5.16 Å². The number of rotatable bonds is 0. The van der Waals surface area contributed by atoms with E-state index in [-0.39, 0.29) is 0 Å². The van der Waals surface area contributed by atoms with Crippen LogP contribution in [0.2, 0.25) is 0 Å². The molecule has 0 aliphatic carbocycles. The Kier molecular flexibility index (Phi) is 1.12. The molecule has 0 saturated carbocycles. The minimum absolute atomic E-state index is 0.413. The number of hydrogen-bond acceptors (Lipinski definition) is 3. The molecule has 0 radical (unpaired) electrons. The molecule has 0 unspecified atom stereocenters. The summed E-state index contributed by atoms with van der Waals surface area (Å²) < 4.78 is 4.52. The molecule has 3 nitrogen and oxygen atoms in total. The molecule has 0 fully saturated rings.